The molecule has 4 heterocycles. The van der Waals surface area contributed by atoms with Gasteiger partial charge in [-0.1, -0.05) is 5.16 Å². The first-order chi connectivity index (χ1) is 12.1. The van der Waals surface area contributed by atoms with Crippen LogP contribution in [0, 0.1) is 13.8 Å². The van der Waals surface area contributed by atoms with Crippen molar-refractivity contribution in [3.05, 3.63) is 35.0 Å². The largest absolute Gasteiger partial charge is 0.356 e. The van der Waals surface area contributed by atoms with Crippen molar-refractivity contribution in [2.45, 2.75) is 13.8 Å². The van der Waals surface area contributed by atoms with E-state index in [1.807, 2.05) is 19.2 Å². The minimum absolute atomic E-state index is 0.713. The monoisotopic (exact) mass is 355 g/mol. The molecule has 3 aromatic heterocycles. The number of hydrogen-bond donors (Lipinski definition) is 0. The number of aryl methyl sites for hydroxylation is 2. The van der Waals surface area contributed by atoms with Crippen LogP contribution in [0.3, 0.4) is 0 Å². The molecule has 0 aromatic carbocycles. The zero-order valence-electron chi connectivity index (χ0n) is 14.7. The predicted octanol–water partition coefficient (Wildman–Crippen LogP) is 3.23. The molecule has 4 rings (SSSR count). The van der Waals surface area contributed by atoms with Gasteiger partial charge in [-0.25, -0.2) is 9.97 Å². The van der Waals surface area contributed by atoms with E-state index in [9.17, 15) is 0 Å². The molecule has 0 aliphatic carbocycles. The molecule has 130 valence electrons. The Hall–Kier alpha value is -2.25. The van der Waals surface area contributed by atoms with Gasteiger partial charge in [0.05, 0.1) is 21.8 Å². The summed E-state index contributed by atoms with van der Waals surface area (Å²) in [7, 11) is 2.15. The number of likely N-dealkylation sites (N-methyl/N-ethyl adjacent to an activating group) is 1. The van der Waals surface area contributed by atoms with Crippen LogP contribution in [0.25, 0.3) is 21.9 Å². The lowest BCUT2D eigenvalue weighted by molar-refractivity contribution is 0.311. The summed E-state index contributed by atoms with van der Waals surface area (Å²) < 4.78 is 5.48. The normalized spacial score (nSPS) is 15.7. The van der Waals surface area contributed by atoms with Crippen molar-refractivity contribution in [3.8, 4) is 21.9 Å². The molecule has 0 saturated carbocycles. The van der Waals surface area contributed by atoms with Gasteiger partial charge in [0.25, 0.3) is 0 Å². The van der Waals surface area contributed by atoms with Crippen LogP contribution < -0.4 is 4.90 Å². The zero-order chi connectivity index (χ0) is 17.4. The second kappa shape index (κ2) is 6.57. The van der Waals surface area contributed by atoms with Crippen LogP contribution in [0.1, 0.15) is 11.3 Å². The molecular formula is C18H21N5OS. The Morgan fingerprint density at radius 3 is 2.60 bits per heavy atom. The maximum atomic E-state index is 5.48. The van der Waals surface area contributed by atoms with Gasteiger partial charge in [0.1, 0.15) is 0 Å². The first-order valence-electron chi connectivity index (χ1n) is 8.40. The van der Waals surface area contributed by atoms with Crippen LogP contribution >= 0.6 is 11.3 Å². The predicted molar refractivity (Wildman–Crippen MR) is 100 cm³/mol. The van der Waals surface area contributed by atoms with E-state index in [1.165, 1.54) is 5.56 Å². The molecule has 1 fully saturated rings. The number of rotatable bonds is 3. The maximum Gasteiger partial charge on any atom is 0.226 e. The number of piperazine rings is 1. The lowest BCUT2D eigenvalue weighted by atomic mass is 10.1. The molecular weight excluding hydrogens is 334 g/mol. The van der Waals surface area contributed by atoms with E-state index >= 15 is 0 Å². The summed E-state index contributed by atoms with van der Waals surface area (Å²) in [4.78, 5) is 15.3. The minimum atomic E-state index is 0.713. The smallest absolute Gasteiger partial charge is 0.226 e. The molecule has 3 aromatic rings. The van der Waals surface area contributed by atoms with Gasteiger partial charge in [-0.2, -0.15) is 0 Å². The van der Waals surface area contributed by atoms with Crippen LogP contribution in [0.15, 0.2) is 28.2 Å². The van der Waals surface area contributed by atoms with Crippen molar-refractivity contribution in [2.75, 3.05) is 38.1 Å². The highest BCUT2D eigenvalue weighted by Crippen LogP contribution is 2.36. The van der Waals surface area contributed by atoms with Crippen LogP contribution in [0.4, 0.5) is 5.95 Å². The van der Waals surface area contributed by atoms with Crippen LogP contribution in [-0.4, -0.2) is 53.3 Å². The van der Waals surface area contributed by atoms with Gasteiger partial charge in [-0.05, 0) is 37.9 Å². The lowest BCUT2D eigenvalue weighted by Crippen LogP contribution is -2.45. The van der Waals surface area contributed by atoms with Gasteiger partial charge in [0.15, 0.2) is 5.76 Å². The molecule has 7 heteroatoms. The summed E-state index contributed by atoms with van der Waals surface area (Å²) in [6.45, 7) is 7.97. The van der Waals surface area contributed by atoms with Crippen molar-refractivity contribution >= 4 is 17.3 Å². The topological polar surface area (TPSA) is 58.3 Å². The number of aromatic nitrogens is 3. The quantitative estimate of drug-likeness (QED) is 0.719. The molecule has 1 aliphatic rings. The van der Waals surface area contributed by atoms with Gasteiger partial charge in [0, 0.05) is 38.4 Å². The van der Waals surface area contributed by atoms with Gasteiger partial charge in [-0.3, -0.25) is 0 Å². The molecule has 0 atom stereocenters. The molecule has 6 nitrogen and oxygen atoms in total. The molecule has 0 unspecified atom stereocenters. The number of thiophene rings is 1. The summed E-state index contributed by atoms with van der Waals surface area (Å²) in [5.74, 6) is 1.50. The minimum Gasteiger partial charge on any atom is -0.356 e. The first-order valence-corrected chi connectivity index (χ1v) is 9.28. The molecule has 1 aliphatic heterocycles. The van der Waals surface area contributed by atoms with Gasteiger partial charge in [-0.15, -0.1) is 11.3 Å². The van der Waals surface area contributed by atoms with E-state index < -0.39 is 0 Å². The van der Waals surface area contributed by atoms with E-state index in [-0.39, 0.29) is 0 Å². The standard InChI is InChI=1S/C18H21N5OS/c1-12-4-9-25-17(12)16-14(15-10-13(2)21-24-15)11-19-18(20-16)23-7-5-22(3)6-8-23/h4,9-11H,5-8H2,1-3H3. The Labute approximate surface area is 151 Å². The average Bonchev–Trinajstić information content (AvgIpc) is 3.23. The Balaban J connectivity index is 1.79. The fourth-order valence-corrected chi connectivity index (χ4v) is 3.92. The van der Waals surface area contributed by atoms with E-state index in [1.54, 1.807) is 11.3 Å². The van der Waals surface area contributed by atoms with Crippen molar-refractivity contribution in [1.82, 2.24) is 20.0 Å². The summed E-state index contributed by atoms with van der Waals surface area (Å²) in [6, 6.07) is 4.05. The average molecular weight is 355 g/mol. The third-order valence-electron chi connectivity index (χ3n) is 4.53. The molecule has 0 spiro atoms. The summed E-state index contributed by atoms with van der Waals surface area (Å²) in [5.41, 5.74) is 3.88. The fraction of sp³-hybridized carbons (Fsp3) is 0.389. The van der Waals surface area contributed by atoms with Crippen LogP contribution in [-0.2, 0) is 0 Å². The molecule has 0 radical (unpaired) electrons. The Morgan fingerprint density at radius 1 is 1.16 bits per heavy atom. The van der Waals surface area contributed by atoms with Gasteiger partial charge in [0.2, 0.25) is 5.95 Å². The lowest BCUT2D eigenvalue weighted by Gasteiger charge is -2.32. The molecule has 1 saturated heterocycles. The SMILES string of the molecule is Cc1cc(-c2cnc(N3CCN(C)CC3)nc2-c2sccc2C)on1. The number of anilines is 1. The second-order valence-corrected chi connectivity index (χ2v) is 7.40. The summed E-state index contributed by atoms with van der Waals surface area (Å²) in [6.07, 6.45) is 1.87. The third-order valence-corrected chi connectivity index (χ3v) is 5.56. The summed E-state index contributed by atoms with van der Waals surface area (Å²) in [5, 5.41) is 6.11. The fourth-order valence-electron chi connectivity index (χ4n) is 2.99. The van der Waals surface area contributed by atoms with Crippen LogP contribution in [0.2, 0.25) is 0 Å². The van der Waals surface area contributed by atoms with Gasteiger partial charge >= 0.3 is 0 Å². The Kier molecular flexibility index (Phi) is 4.27. The highest BCUT2D eigenvalue weighted by Gasteiger charge is 2.21. The van der Waals surface area contributed by atoms with Crippen molar-refractivity contribution in [1.29, 1.82) is 0 Å². The second-order valence-electron chi connectivity index (χ2n) is 6.49. The Morgan fingerprint density at radius 2 is 1.96 bits per heavy atom. The van der Waals surface area contributed by atoms with E-state index in [0.717, 1.165) is 54.0 Å². The maximum absolute atomic E-state index is 5.48. The Bertz CT molecular complexity index is 879. The van der Waals surface area contributed by atoms with Crippen molar-refractivity contribution in [2.24, 2.45) is 0 Å². The zero-order valence-corrected chi connectivity index (χ0v) is 15.5. The summed E-state index contributed by atoms with van der Waals surface area (Å²) >= 11 is 1.69. The molecule has 0 bridgehead atoms. The van der Waals surface area contributed by atoms with Crippen molar-refractivity contribution in [3.63, 3.8) is 0 Å². The van der Waals surface area contributed by atoms with Crippen molar-refractivity contribution < 1.29 is 4.52 Å². The molecule has 0 amide bonds. The van der Waals surface area contributed by atoms with Gasteiger partial charge < -0.3 is 14.3 Å². The van der Waals surface area contributed by atoms with Crippen LogP contribution in [0.5, 0.6) is 0 Å². The molecule has 0 N–H and O–H groups in total. The molecule has 25 heavy (non-hydrogen) atoms. The number of nitrogens with zero attached hydrogens (tertiary/aromatic N) is 5. The highest BCUT2D eigenvalue weighted by molar-refractivity contribution is 7.13. The number of hydrogen-bond acceptors (Lipinski definition) is 7. The third kappa shape index (κ3) is 3.17. The van der Waals surface area contributed by atoms with E-state index in [0.29, 0.717) is 5.76 Å². The highest BCUT2D eigenvalue weighted by atomic mass is 32.1. The van der Waals surface area contributed by atoms with E-state index in [4.69, 9.17) is 9.51 Å². The van der Waals surface area contributed by atoms with E-state index in [2.05, 4.69) is 45.4 Å². The first kappa shape index (κ1) is 16.2.